The fraction of sp³-hybridized carbons (Fsp3) is 0.438. The molecule has 100 valence electrons. The molecule has 0 saturated heterocycles. The van der Waals surface area contributed by atoms with E-state index in [-0.39, 0.29) is 0 Å². The number of aromatic nitrogens is 1. The second-order valence-electron chi connectivity index (χ2n) is 5.18. The molecule has 0 aliphatic heterocycles. The summed E-state index contributed by atoms with van der Waals surface area (Å²) in [6, 6.07) is 10.9. The van der Waals surface area contributed by atoms with Crippen molar-refractivity contribution in [3.8, 4) is 0 Å². The standard InChI is InChI=1S/C16H20N2O/c1-19-16-8-4-7-15(16)18-11-12-9-10-17-14-6-3-2-5-13(12)14/h2-3,5-6,9-10,15-16,18H,4,7-8,11H2,1H3. The predicted octanol–water partition coefficient (Wildman–Crippen LogP) is 2.89. The second kappa shape index (κ2) is 5.68. The lowest BCUT2D eigenvalue weighted by Gasteiger charge is -2.20. The molecular formula is C16H20N2O. The molecule has 2 aromatic rings. The summed E-state index contributed by atoms with van der Waals surface area (Å²) in [4.78, 5) is 4.40. The summed E-state index contributed by atoms with van der Waals surface area (Å²) in [5, 5.41) is 4.88. The maximum absolute atomic E-state index is 5.52. The Morgan fingerprint density at radius 2 is 2.16 bits per heavy atom. The molecule has 1 aliphatic carbocycles. The van der Waals surface area contributed by atoms with Gasteiger partial charge in [0.25, 0.3) is 0 Å². The van der Waals surface area contributed by atoms with Crippen molar-refractivity contribution in [3.05, 3.63) is 42.1 Å². The number of ether oxygens (including phenoxy) is 1. The van der Waals surface area contributed by atoms with E-state index in [1.165, 1.54) is 30.2 Å². The molecule has 1 fully saturated rings. The molecule has 1 aromatic heterocycles. The lowest BCUT2D eigenvalue weighted by molar-refractivity contribution is 0.0847. The van der Waals surface area contributed by atoms with Gasteiger partial charge in [-0.2, -0.15) is 0 Å². The van der Waals surface area contributed by atoms with Crippen LogP contribution in [0, 0.1) is 0 Å². The van der Waals surface area contributed by atoms with Gasteiger partial charge >= 0.3 is 0 Å². The van der Waals surface area contributed by atoms with E-state index in [1.807, 2.05) is 19.4 Å². The molecule has 1 N–H and O–H groups in total. The highest BCUT2D eigenvalue weighted by Gasteiger charge is 2.26. The molecule has 2 unspecified atom stereocenters. The fourth-order valence-electron chi connectivity index (χ4n) is 2.99. The quantitative estimate of drug-likeness (QED) is 0.913. The van der Waals surface area contributed by atoms with E-state index in [4.69, 9.17) is 4.74 Å². The van der Waals surface area contributed by atoms with Gasteiger partial charge in [-0.1, -0.05) is 18.2 Å². The van der Waals surface area contributed by atoms with Crippen LogP contribution in [0.15, 0.2) is 36.5 Å². The first-order chi connectivity index (χ1) is 9.38. The number of fused-ring (bicyclic) bond motifs is 1. The van der Waals surface area contributed by atoms with Crippen LogP contribution in [0.2, 0.25) is 0 Å². The second-order valence-corrected chi connectivity index (χ2v) is 5.18. The first kappa shape index (κ1) is 12.6. The molecule has 1 saturated carbocycles. The summed E-state index contributed by atoms with van der Waals surface area (Å²) in [6.45, 7) is 0.883. The van der Waals surface area contributed by atoms with Gasteiger partial charge in [0.05, 0.1) is 11.6 Å². The Bertz CT molecular complexity index is 550. The van der Waals surface area contributed by atoms with Crippen LogP contribution >= 0.6 is 0 Å². The smallest absolute Gasteiger partial charge is 0.0724 e. The van der Waals surface area contributed by atoms with Gasteiger partial charge in [-0.05, 0) is 37.0 Å². The highest BCUT2D eigenvalue weighted by Crippen LogP contribution is 2.22. The lowest BCUT2D eigenvalue weighted by atomic mass is 10.1. The third-order valence-electron chi connectivity index (χ3n) is 4.05. The number of rotatable bonds is 4. The fourth-order valence-corrected chi connectivity index (χ4v) is 2.99. The molecule has 0 bridgehead atoms. The molecule has 0 radical (unpaired) electrons. The number of para-hydroxylation sites is 1. The minimum absolute atomic E-state index is 0.369. The van der Waals surface area contributed by atoms with Gasteiger partial charge in [-0.15, -0.1) is 0 Å². The summed E-state index contributed by atoms with van der Waals surface area (Å²) in [7, 11) is 1.81. The van der Waals surface area contributed by atoms with E-state index in [1.54, 1.807) is 0 Å². The van der Waals surface area contributed by atoms with Crippen molar-refractivity contribution in [1.82, 2.24) is 10.3 Å². The molecule has 3 nitrogen and oxygen atoms in total. The summed E-state index contributed by atoms with van der Waals surface area (Å²) in [5.74, 6) is 0. The SMILES string of the molecule is COC1CCCC1NCc1ccnc2ccccc12. The zero-order valence-corrected chi connectivity index (χ0v) is 11.3. The van der Waals surface area contributed by atoms with Crippen molar-refractivity contribution < 1.29 is 4.74 Å². The molecule has 2 atom stereocenters. The number of nitrogens with zero attached hydrogens (tertiary/aromatic N) is 1. The first-order valence-corrected chi connectivity index (χ1v) is 6.97. The van der Waals surface area contributed by atoms with Crippen molar-refractivity contribution in [2.75, 3.05) is 7.11 Å². The van der Waals surface area contributed by atoms with Crippen molar-refractivity contribution in [1.29, 1.82) is 0 Å². The summed E-state index contributed by atoms with van der Waals surface area (Å²) in [6.07, 6.45) is 5.90. The maximum Gasteiger partial charge on any atom is 0.0724 e. The highest BCUT2D eigenvalue weighted by molar-refractivity contribution is 5.81. The summed E-state index contributed by atoms with van der Waals surface area (Å²) < 4.78 is 5.52. The molecule has 0 amide bonds. The van der Waals surface area contributed by atoms with Crippen molar-refractivity contribution in [2.45, 2.75) is 38.0 Å². The van der Waals surface area contributed by atoms with Crippen LogP contribution in [0.25, 0.3) is 10.9 Å². The van der Waals surface area contributed by atoms with Crippen molar-refractivity contribution >= 4 is 10.9 Å². The Morgan fingerprint density at radius 1 is 1.26 bits per heavy atom. The Hall–Kier alpha value is -1.45. The number of hydrogen-bond acceptors (Lipinski definition) is 3. The molecule has 1 aliphatic rings. The van der Waals surface area contributed by atoms with E-state index in [2.05, 4.69) is 34.6 Å². The van der Waals surface area contributed by atoms with E-state index in [9.17, 15) is 0 Å². The summed E-state index contributed by atoms with van der Waals surface area (Å²) in [5.41, 5.74) is 2.38. The molecule has 3 heteroatoms. The predicted molar refractivity (Wildman–Crippen MR) is 77.0 cm³/mol. The van der Waals surface area contributed by atoms with E-state index in [0.29, 0.717) is 12.1 Å². The molecule has 1 heterocycles. The first-order valence-electron chi connectivity index (χ1n) is 6.97. The van der Waals surface area contributed by atoms with Crippen LogP contribution in [0.3, 0.4) is 0 Å². The van der Waals surface area contributed by atoms with E-state index >= 15 is 0 Å². The molecular weight excluding hydrogens is 236 g/mol. The van der Waals surface area contributed by atoms with E-state index < -0.39 is 0 Å². The Morgan fingerprint density at radius 3 is 3.05 bits per heavy atom. The lowest BCUT2D eigenvalue weighted by Crippen LogP contribution is -2.36. The molecule has 0 spiro atoms. The van der Waals surface area contributed by atoms with Gasteiger partial charge in [0, 0.05) is 31.3 Å². The zero-order chi connectivity index (χ0) is 13.1. The Labute approximate surface area is 114 Å². The monoisotopic (exact) mass is 256 g/mol. The third kappa shape index (κ3) is 2.62. The van der Waals surface area contributed by atoms with Crippen LogP contribution in [0.5, 0.6) is 0 Å². The zero-order valence-electron chi connectivity index (χ0n) is 11.3. The molecule has 1 aromatic carbocycles. The minimum Gasteiger partial charge on any atom is -0.380 e. The van der Waals surface area contributed by atoms with Crippen LogP contribution in [-0.4, -0.2) is 24.2 Å². The van der Waals surface area contributed by atoms with Gasteiger partial charge < -0.3 is 10.1 Å². The largest absolute Gasteiger partial charge is 0.380 e. The van der Waals surface area contributed by atoms with Crippen LogP contribution in [0.1, 0.15) is 24.8 Å². The maximum atomic E-state index is 5.52. The number of nitrogens with one attached hydrogen (secondary N) is 1. The number of methoxy groups -OCH3 is 1. The normalized spacial score (nSPS) is 23.0. The van der Waals surface area contributed by atoms with Crippen LogP contribution < -0.4 is 5.32 Å². The average molecular weight is 256 g/mol. The Kier molecular flexibility index (Phi) is 3.76. The molecule has 19 heavy (non-hydrogen) atoms. The highest BCUT2D eigenvalue weighted by atomic mass is 16.5. The van der Waals surface area contributed by atoms with Crippen molar-refractivity contribution in [3.63, 3.8) is 0 Å². The van der Waals surface area contributed by atoms with Gasteiger partial charge in [-0.3, -0.25) is 4.98 Å². The van der Waals surface area contributed by atoms with Crippen LogP contribution in [-0.2, 0) is 11.3 Å². The minimum atomic E-state index is 0.369. The van der Waals surface area contributed by atoms with Gasteiger partial charge in [-0.25, -0.2) is 0 Å². The number of pyridine rings is 1. The summed E-state index contributed by atoms with van der Waals surface area (Å²) >= 11 is 0. The van der Waals surface area contributed by atoms with E-state index in [0.717, 1.165) is 12.1 Å². The van der Waals surface area contributed by atoms with Crippen LogP contribution in [0.4, 0.5) is 0 Å². The average Bonchev–Trinajstić information content (AvgIpc) is 2.92. The van der Waals surface area contributed by atoms with Gasteiger partial charge in [0.2, 0.25) is 0 Å². The van der Waals surface area contributed by atoms with Gasteiger partial charge in [0.15, 0.2) is 0 Å². The van der Waals surface area contributed by atoms with Crippen molar-refractivity contribution in [2.24, 2.45) is 0 Å². The topological polar surface area (TPSA) is 34.1 Å². The number of benzene rings is 1. The Balaban J connectivity index is 1.75. The third-order valence-corrected chi connectivity index (χ3v) is 4.05. The number of hydrogen-bond donors (Lipinski definition) is 1. The van der Waals surface area contributed by atoms with Gasteiger partial charge in [0.1, 0.15) is 0 Å². The molecule has 3 rings (SSSR count).